The molecule has 1 fully saturated rings. The van der Waals surface area contributed by atoms with E-state index < -0.39 is 0 Å². The van der Waals surface area contributed by atoms with Crippen molar-refractivity contribution in [1.29, 1.82) is 0 Å². The second-order valence-corrected chi connectivity index (χ2v) is 3.62. The van der Waals surface area contributed by atoms with Crippen molar-refractivity contribution in [2.75, 3.05) is 13.6 Å². The molecule has 12 heavy (non-hydrogen) atoms. The van der Waals surface area contributed by atoms with Crippen molar-refractivity contribution in [3.63, 3.8) is 0 Å². The van der Waals surface area contributed by atoms with Crippen LogP contribution in [0.25, 0.3) is 0 Å². The predicted octanol–water partition coefficient (Wildman–Crippen LogP) is 0.592. The second kappa shape index (κ2) is 3.90. The highest BCUT2D eigenvalue weighted by molar-refractivity contribution is 5.82. The van der Waals surface area contributed by atoms with E-state index in [-0.39, 0.29) is 17.9 Å². The summed E-state index contributed by atoms with van der Waals surface area (Å²) >= 11 is 0. The molecule has 1 saturated carbocycles. The first kappa shape index (κ1) is 9.52. The number of nitrogens with two attached hydrogens (primary N) is 1. The van der Waals surface area contributed by atoms with Crippen molar-refractivity contribution in [1.82, 2.24) is 4.90 Å². The molecule has 0 spiro atoms. The molecule has 3 heteroatoms. The fourth-order valence-corrected chi connectivity index (χ4v) is 1.29. The molecule has 0 heterocycles. The fraction of sp³-hybridized carbons (Fsp3) is 0.889. The van der Waals surface area contributed by atoms with Crippen LogP contribution in [0.1, 0.15) is 26.2 Å². The van der Waals surface area contributed by atoms with Crippen LogP contribution in [0.3, 0.4) is 0 Å². The summed E-state index contributed by atoms with van der Waals surface area (Å²) in [6.45, 7) is 3.00. The van der Waals surface area contributed by atoms with Gasteiger partial charge in [-0.1, -0.05) is 13.3 Å². The molecule has 0 aromatic rings. The lowest BCUT2D eigenvalue weighted by atomic mass is 10.3. The number of nitrogens with zero attached hydrogens (tertiary/aromatic N) is 1. The normalized spacial score (nSPS) is 26.9. The van der Waals surface area contributed by atoms with Gasteiger partial charge < -0.3 is 10.6 Å². The maximum Gasteiger partial charge on any atom is 0.227 e. The summed E-state index contributed by atoms with van der Waals surface area (Å²) in [5, 5.41) is 0. The monoisotopic (exact) mass is 170 g/mol. The van der Waals surface area contributed by atoms with Gasteiger partial charge in [0.1, 0.15) is 0 Å². The Labute approximate surface area is 73.9 Å². The molecule has 0 aromatic heterocycles. The summed E-state index contributed by atoms with van der Waals surface area (Å²) in [5.41, 5.74) is 5.59. The highest BCUT2D eigenvalue weighted by atomic mass is 16.2. The van der Waals surface area contributed by atoms with Crippen LogP contribution in [0.4, 0.5) is 0 Å². The molecule has 2 unspecified atom stereocenters. The Kier molecular flexibility index (Phi) is 3.09. The minimum atomic E-state index is 0.131. The number of hydrogen-bond donors (Lipinski definition) is 1. The average Bonchev–Trinajstić information content (AvgIpc) is 2.77. The number of hydrogen-bond acceptors (Lipinski definition) is 2. The van der Waals surface area contributed by atoms with E-state index >= 15 is 0 Å². The van der Waals surface area contributed by atoms with Crippen molar-refractivity contribution in [2.24, 2.45) is 11.7 Å². The zero-order valence-corrected chi connectivity index (χ0v) is 7.92. The van der Waals surface area contributed by atoms with Gasteiger partial charge in [0.15, 0.2) is 0 Å². The molecule has 1 amide bonds. The van der Waals surface area contributed by atoms with E-state index in [9.17, 15) is 4.79 Å². The summed E-state index contributed by atoms with van der Waals surface area (Å²) in [4.78, 5) is 13.3. The van der Waals surface area contributed by atoms with E-state index in [2.05, 4.69) is 6.92 Å². The molecule has 3 nitrogen and oxygen atoms in total. The highest BCUT2D eigenvalue weighted by Gasteiger charge is 2.41. The molecule has 2 N–H and O–H groups in total. The first-order valence-corrected chi connectivity index (χ1v) is 4.67. The van der Waals surface area contributed by atoms with Crippen LogP contribution < -0.4 is 5.73 Å². The van der Waals surface area contributed by atoms with E-state index in [0.717, 1.165) is 25.8 Å². The zero-order valence-electron chi connectivity index (χ0n) is 7.92. The van der Waals surface area contributed by atoms with Gasteiger partial charge in [-0.2, -0.15) is 0 Å². The average molecular weight is 170 g/mol. The quantitative estimate of drug-likeness (QED) is 0.671. The lowest BCUT2D eigenvalue weighted by Crippen LogP contribution is -2.30. The van der Waals surface area contributed by atoms with Gasteiger partial charge in [-0.3, -0.25) is 4.79 Å². The maximum atomic E-state index is 11.5. The molecule has 0 bridgehead atoms. The Balaban J connectivity index is 2.22. The Hall–Kier alpha value is -0.570. The summed E-state index contributed by atoms with van der Waals surface area (Å²) in [5.74, 6) is 0.364. The van der Waals surface area contributed by atoms with Gasteiger partial charge in [0, 0.05) is 19.6 Å². The Morgan fingerprint density at radius 2 is 2.25 bits per heavy atom. The molecular formula is C9H18N2O. The third kappa shape index (κ3) is 2.21. The second-order valence-electron chi connectivity index (χ2n) is 3.62. The van der Waals surface area contributed by atoms with Gasteiger partial charge in [0.2, 0.25) is 5.91 Å². The third-order valence-electron chi connectivity index (χ3n) is 2.38. The first-order valence-electron chi connectivity index (χ1n) is 4.67. The lowest BCUT2D eigenvalue weighted by molar-refractivity contribution is -0.131. The largest absolute Gasteiger partial charge is 0.345 e. The lowest BCUT2D eigenvalue weighted by Gasteiger charge is -2.16. The molecule has 1 aliphatic carbocycles. The molecule has 0 aromatic carbocycles. The molecule has 0 radical (unpaired) electrons. The molecule has 1 rings (SSSR count). The minimum Gasteiger partial charge on any atom is -0.345 e. The van der Waals surface area contributed by atoms with Crippen LogP contribution >= 0.6 is 0 Å². The third-order valence-corrected chi connectivity index (χ3v) is 2.38. The van der Waals surface area contributed by atoms with Gasteiger partial charge in [-0.25, -0.2) is 0 Å². The van der Waals surface area contributed by atoms with Crippen molar-refractivity contribution < 1.29 is 4.79 Å². The van der Waals surface area contributed by atoms with Crippen molar-refractivity contribution in [3.8, 4) is 0 Å². The van der Waals surface area contributed by atoms with E-state index in [1.807, 2.05) is 7.05 Å². The summed E-state index contributed by atoms with van der Waals surface area (Å²) in [6, 6.07) is 0.140. The minimum absolute atomic E-state index is 0.131. The number of unbranched alkanes of at least 4 members (excludes halogenated alkanes) is 1. The van der Waals surface area contributed by atoms with E-state index in [0.29, 0.717) is 0 Å². The Morgan fingerprint density at radius 1 is 1.67 bits per heavy atom. The van der Waals surface area contributed by atoms with Crippen molar-refractivity contribution in [2.45, 2.75) is 32.2 Å². The maximum absolute atomic E-state index is 11.5. The van der Waals surface area contributed by atoms with Crippen LogP contribution in [0.2, 0.25) is 0 Å². The van der Waals surface area contributed by atoms with E-state index in [1.54, 1.807) is 4.90 Å². The van der Waals surface area contributed by atoms with Gasteiger partial charge in [-0.05, 0) is 12.8 Å². The van der Waals surface area contributed by atoms with E-state index in [4.69, 9.17) is 5.73 Å². The molecule has 1 aliphatic rings. The molecule has 0 saturated heterocycles. The summed E-state index contributed by atoms with van der Waals surface area (Å²) in [7, 11) is 1.86. The van der Waals surface area contributed by atoms with Crippen molar-refractivity contribution in [3.05, 3.63) is 0 Å². The van der Waals surface area contributed by atoms with Crippen LogP contribution in [0, 0.1) is 5.92 Å². The van der Waals surface area contributed by atoms with Gasteiger partial charge in [0.25, 0.3) is 0 Å². The van der Waals surface area contributed by atoms with Crippen molar-refractivity contribution >= 4 is 5.91 Å². The van der Waals surface area contributed by atoms with Gasteiger partial charge >= 0.3 is 0 Å². The van der Waals surface area contributed by atoms with Crippen LogP contribution in [-0.4, -0.2) is 30.4 Å². The summed E-state index contributed by atoms with van der Waals surface area (Å²) < 4.78 is 0. The number of carbonyl (C=O) groups is 1. The SMILES string of the molecule is CCCCN(C)C(=O)C1CC1N. The molecular weight excluding hydrogens is 152 g/mol. The zero-order chi connectivity index (χ0) is 9.14. The Bertz CT molecular complexity index is 170. The summed E-state index contributed by atoms with van der Waals surface area (Å²) in [6.07, 6.45) is 3.10. The molecule has 70 valence electrons. The molecule has 2 atom stereocenters. The first-order chi connectivity index (χ1) is 5.66. The number of amides is 1. The van der Waals surface area contributed by atoms with Gasteiger partial charge in [0.05, 0.1) is 5.92 Å². The van der Waals surface area contributed by atoms with Crippen LogP contribution in [0.5, 0.6) is 0 Å². The smallest absolute Gasteiger partial charge is 0.227 e. The predicted molar refractivity (Wildman–Crippen MR) is 48.6 cm³/mol. The van der Waals surface area contributed by atoms with Crippen LogP contribution in [-0.2, 0) is 4.79 Å². The molecule has 0 aliphatic heterocycles. The number of rotatable bonds is 4. The fourth-order valence-electron chi connectivity index (χ4n) is 1.29. The highest BCUT2D eigenvalue weighted by Crippen LogP contribution is 2.29. The van der Waals surface area contributed by atoms with E-state index in [1.165, 1.54) is 0 Å². The standard InChI is InChI=1S/C9H18N2O/c1-3-4-5-11(2)9(12)7-6-8(7)10/h7-8H,3-6,10H2,1-2H3. The van der Waals surface area contributed by atoms with Crippen LogP contribution in [0.15, 0.2) is 0 Å². The number of carbonyl (C=O) groups excluding carboxylic acids is 1. The topological polar surface area (TPSA) is 46.3 Å². The Morgan fingerprint density at radius 3 is 2.67 bits per heavy atom. The van der Waals surface area contributed by atoms with Gasteiger partial charge in [-0.15, -0.1) is 0 Å².